The fourth-order valence-electron chi connectivity index (χ4n) is 3.80. The first kappa shape index (κ1) is 21.2. The zero-order valence-corrected chi connectivity index (χ0v) is 17.8. The first-order chi connectivity index (χ1) is 15.5. The van der Waals surface area contributed by atoms with Gasteiger partial charge in [-0.25, -0.2) is 0 Å². The van der Waals surface area contributed by atoms with Gasteiger partial charge in [0.05, 0.1) is 11.6 Å². The average Bonchev–Trinajstić information content (AvgIpc) is 3.26. The van der Waals surface area contributed by atoms with Crippen LogP contribution in [0.4, 0.5) is 0 Å². The van der Waals surface area contributed by atoms with Crippen molar-refractivity contribution in [2.45, 2.75) is 25.8 Å². The Balaban J connectivity index is 1.52. The number of hydrogen-bond donors (Lipinski definition) is 1. The first-order valence-corrected chi connectivity index (χ1v) is 10.5. The topological polar surface area (TPSA) is 90.5 Å². The lowest BCUT2D eigenvalue weighted by atomic mass is 10.1. The molecule has 2 aromatic carbocycles. The Morgan fingerprint density at radius 2 is 1.69 bits per heavy atom. The fourth-order valence-corrected chi connectivity index (χ4v) is 3.80. The summed E-state index contributed by atoms with van der Waals surface area (Å²) in [5.41, 5.74) is 7.33. The van der Waals surface area contributed by atoms with E-state index in [4.69, 9.17) is 10.5 Å². The smallest absolute Gasteiger partial charge is 0.298 e. The van der Waals surface area contributed by atoms with Crippen LogP contribution in [0.25, 0.3) is 11.3 Å². The minimum atomic E-state index is -0.526. The molecule has 0 bridgehead atoms. The zero-order valence-electron chi connectivity index (χ0n) is 17.8. The lowest BCUT2D eigenvalue weighted by Gasteiger charge is -2.30. The van der Waals surface area contributed by atoms with Crippen LogP contribution < -0.4 is 10.5 Å². The molecule has 162 valence electrons. The van der Waals surface area contributed by atoms with Crippen molar-refractivity contribution in [2.24, 2.45) is 5.73 Å². The number of nitrogens with zero attached hydrogens (tertiary/aromatic N) is 3. The van der Waals surface area contributed by atoms with Gasteiger partial charge in [-0.3, -0.25) is 14.3 Å². The molecule has 0 unspecified atom stereocenters. The molecule has 1 fully saturated rings. The van der Waals surface area contributed by atoms with E-state index in [1.807, 2.05) is 54.6 Å². The number of nitrogens with two attached hydrogens (primary N) is 1. The van der Waals surface area contributed by atoms with E-state index < -0.39 is 5.91 Å². The second-order valence-corrected chi connectivity index (χ2v) is 7.57. The van der Waals surface area contributed by atoms with Crippen LogP contribution in [-0.2, 0) is 4.79 Å². The number of aromatic nitrogens is 2. The molecule has 7 heteroatoms. The number of carbonyl (C=O) groups excluding carboxylic acids is 2. The van der Waals surface area contributed by atoms with Crippen LogP contribution in [0.15, 0.2) is 60.8 Å². The maximum Gasteiger partial charge on any atom is 0.298 e. The molecule has 0 saturated carbocycles. The van der Waals surface area contributed by atoms with Crippen molar-refractivity contribution in [3.05, 3.63) is 66.4 Å². The molecule has 0 atom stereocenters. The molecule has 1 aliphatic rings. The summed E-state index contributed by atoms with van der Waals surface area (Å²) in [6, 6.07) is 17.0. The quantitative estimate of drug-likeness (QED) is 0.629. The molecule has 32 heavy (non-hydrogen) atoms. The van der Waals surface area contributed by atoms with E-state index in [9.17, 15) is 9.59 Å². The summed E-state index contributed by atoms with van der Waals surface area (Å²) in [6.07, 6.45) is 3.18. The van der Waals surface area contributed by atoms with E-state index in [-0.39, 0.29) is 11.9 Å². The number of piperidine rings is 1. The van der Waals surface area contributed by atoms with E-state index in [1.165, 1.54) is 0 Å². The molecule has 0 radical (unpaired) electrons. The van der Waals surface area contributed by atoms with Crippen LogP contribution in [0.3, 0.4) is 0 Å². The number of benzene rings is 2. The molecular formula is C25H24N4O3. The van der Waals surface area contributed by atoms with Gasteiger partial charge >= 0.3 is 0 Å². The number of rotatable bonds is 5. The van der Waals surface area contributed by atoms with E-state index in [0.29, 0.717) is 30.1 Å². The highest BCUT2D eigenvalue weighted by Gasteiger charge is 2.26. The normalized spacial score (nSPS) is 13.8. The summed E-state index contributed by atoms with van der Waals surface area (Å²) in [5.74, 6) is 5.99. The number of ether oxygens (including phenoxy) is 1. The van der Waals surface area contributed by atoms with Crippen LogP contribution in [0.2, 0.25) is 0 Å². The lowest BCUT2D eigenvalue weighted by molar-refractivity contribution is -0.126. The highest BCUT2D eigenvalue weighted by molar-refractivity contribution is 5.98. The van der Waals surface area contributed by atoms with Crippen molar-refractivity contribution in [3.8, 4) is 34.6 Å². The van der Waals surface area contributed by atoms with Crippen molar-refractivity contribution in [3.63, 3.8) is 0 Å². The Morgan fingerprint density at radius 3 is 2.31 bits per heavy atom. The summed E-state index contributed by atoms with van der Waals surface area (Å²) >= 11 is 0. The average molecular weight is 428 g/mol. The summed E-state index contributed by atoms with van der Waals surface area (Å²) < 4.78 is 7.64. The van der Waals surface area contributed by atoms with E-state index in [0.717, 1.165) is 24.2 Å². The molecule has 2 amide bonds. The zero-order chi connectivity index (χ0) is 22.5. The summed E-state index contributed by atoms with van der Waals surface area (Å²) in [5, 5.41) is 4.69. The molecule has 2 N–H and O–H groups in total. The van der Waals surface area contributed by atoms with Crippen molar-refractivity contribution in [1.82, 2.24) is 14.7 Å². The number of carbonyl (C=O) groups is 2. The molecule has 0 spiro atoms. The van der Waals surface area contributed by atoms with Crippen molar-refractivity contribution in [2.75, 3.05) is 13.1 Å². The number of amides is 2. The number of primary amides is 1. The van der Waals surface area contributed by atoms with Gasteiger partial charge in [-0.05, 0) is 62.1 Å². The highest BCUT2D eigenvalue weighted by Crippen LogP contribution is 2.29. The first-order valence-electron chi connectivity index (χ1n) is 10.5. The fraction of sp³-hybridized carbons (Fsp3) is 0.240. The molecule has 0 aliphatic carbocycles. The molecule has 1 aliphatic heterocycles. The maximum absolute atomic E-state index is 12.1. The van der Waals surface area contributed by atoms with E-state index in [1.54, 1.807) is 22.7 Å². The Hall–Kier alpha value is -4.05. The van der Waals surface area contributed by atoms with Gasteiger partial charge in [0, 0.05) is 24.8 Å². The Labute approximate surface area is 186 Å². The van der Waals surface area contributed by atoms with Crippen molar-refractivity contribution < 1.29 is 14.3 Å². The van der Waals surface area contributed by atoms with Crippen LogP contribution in [0.1, 0.15) is 36.2 Å². The van der Waals surface area contributed by atoms with Crippen molar-refractivity contribution in [1.29, 1.82) is 0 Å². The molecule has 3 aromatic rings. The predicted octanol–water partition coefficient (Wildman–Crippen LogP) is 3.63. The van der Waals surface area contributed by atoms with Gasteiger partial charge in [-0.1, -0.05) is 24.1 Å². The minimum absolute atomic E-state index is 0.0844. The largest absolute Gasteiger partial charge is 0.457 e. The predicted molar refractivity (Wildman–Crippen MR) is 121 cm³/mol. The monoisotopic (exact) mass is 428 g/mol. The third-order valence-corrected chi connectivity index (χ3v) is 5.46. The van der Waals surface area contributed by atoms with Crippen LogP contribution >= 0.6 is 0 Å². The van der Waals surface area contributed by atoms with Gasteiger partial charge < -0.3 is 15.4 Å². The Bertz CT molecular complexity index is 1170. The third kappa shape index (κ3) is 4.65. The van der Waals surface area contributed by atoms with Gasteiger partial charge in [0.2, 0.25) is 0 Å². The van der Waals surface area contributed by atoms with Crippen LogP contribution in [0.5, 0.6) is 11.5 Å². The van der Waals surface area contributed by atoms with Gasteiger partial charge in [0.25, 0.3) is 11.8 Å². The molecule has 1 saturated heterocycles. The SMILES string of the molecule is CC#CC(=O)N1CCC(n2cc(C(N)=O)c(-c3ccc(Oc4ccccc4)cc3)n2)CC1. The van der Waals surface area contributed by atoms with E-state index in [2.05, 4.69) is 16.9 Å². The molecule has 2 heterocycles. The second kappa shape index (κ2) is 9.40. The minimum Gasteiger partial charge on any atom is -0.457 e. The van der Waals surface area contributed by atoms with E-state index >= 15 is 0 Å². The molecular weight excluding hydrogens is 404 g/mol. The number of para-hydroxylation sites is 1. The van der Waals surface area contributed by atoms with Gasteiger partial charge in [-0.2, -0.15) is 5.10 Å². The number of hydrogen-bond acceptors (Lipinski definition) is 4. The summed E-state index contributed by atoms with van der Waals surface area (Å²) in [6.45, 7) is 2.86. The van der Waals surface area contributed by atoms with Crippen molar-refractivity contribution >= 4 is 11.8 Å². The Kier molecular flexibility index (Phi) is 6.22. The lowest BCUT2D eigenvalue weighted by Crippen LogP contribution is -2.38. The summed E-state index contributed by atoms with van der Waals surface area (Å²) in [7, 11) is 0. The van der Waals surface area contributed by atoms with Crippen LogP contribution in [-0.4, -0.2) is 39.6 Å². The molecule has 7 nitrogen and oxygen atoms in total. The van der Waals surface area contributed by atoms with Gasteiger partial charge in [-0.15, -0.1) is 0 Å². The van der Waals surface area contributed by atoms with Crippen LogP contribution in [0, 0.1) is 11.8 Å². The van der Waals surface area contributed by atoms with Gasteiger partial charge in [0.1, 0.15) is 17.2 Å². The molecule has 1 aromatic heterocycles. The third-order valence-electron chi connectivity index (χ3n) is 5.46. The number of likely N-dealkylation sites (tertiary alicyclic amines) is 1. The second-order valence-electron chi connectivity index (χ2n) is 7.57. The molecule has 4 rings (SSSR count). The maximum atomic E-state index is 12.1. The van der Waals surface area contributed by atoms with Gasteiger partial charge in [0.15, 0.2) is 0 Å². The highest BCUT2D eigenvalue weighted by atomic mass is 16.5. The standard InChI is InChI=1S/C25H24N4O3/c1-2-6-23(30)28-15-13-19(14-16-28)29-17-22(25(26)31)24(27-29)18-9-11-21(12-10-18)32-20-7-4-3-5-8-20/h3-5,7-12,17,19H,13-16H2,1H3,(H2,26,31). The Morgan fingerprint density at radius 1 is 1.03 bits per heavy atom. The summed E-state index contributed by atoms with van der Waals surface area (Å²) in [4.78, 5) is 25.8.